The van der Waals surface area contributed by atoms with Gasteiger partial charge in [0.25, 0.3) is 5.91 Å². The van der Waals surface area contributed by atoms with Crippen LogP contribution in [0.4, 0.5) is 0 Å². The van der Waals surface area contributed by atoms with E-state index < -0.39 is 6.04 Å². The fourth-order valence-corrected chi connectivity index (χ4v) is 3.71. The van der Waals surface area contributed by atoms with Gasteiger partial charge in [0.2, 0.25) is 5.91 Å². The van der Waals surface area contributed by atoms with E-state index in [9.17, 15) is 9.59 Å². The maximum absolute atomic E-state index is 12.9. The molecule has 2 amide bonds. The van der Waals surface area contributed by atoms with Crippen LogP contribution in [0.25, 0.3) is 11.0 Å². The summed E-state index contributed by atoms with van der Waals surface area (Å²) in [7, 11) is 0. The number of hydrogen-bond donors (Lipinski definition) is 3. The van der Waals surface area contributed by atoms with Gasteiger partial charge in [-0.15, -0.1) is 11.3 Å². The zero-order valence-electron chi connectivity index (χ0n) is 15.6. The molecule has 4 aromatic rings. The minimum absolute atomic E-state index is 0.250. The fourth-order valence-electron chi connectivity index (χ4n) is 3.08. The summed E-state index contributed by atoms with van der Waals surface area (Å²) in [4.78, 5) is 33.6. The zero-order valence-corrected chi connectivity index (χ0v) is 16.4. The monoisotopic (exact) mass is 404 g/mol. The van der Waals surface area contributed by atoms with Gasteiger partial charge in [0.1, 0.15) is 11.9 Å². The van der Waals surface area contributed by atoms with Crippen molar-refractivity contribution in [2.45, 2.75) is 19.0 Å². The Morgan fingerprint density at radius 2 is 1.79 bits per heavy atom. The summed E-state index contributed by atoms with van der Waals surface area (Å²) in [5.74, 6) is 0.168. The third-order valence-electron chi connectivity index (χ3n) is 4.52. The summed E-state index contributed by atoms with van der Waals surface area (Å²) in [5, 5.41) is 7.58. The Balaban J connectivity index is 1.46. The number of carbonyl (C=O) groups is 2. The third kappa shape index (κ3) is 4.70. The first-order chi connectivity index (χ1) is 14.2. The van der Waals surface area contributed by atoms with Crippen molar-refractivity contribution in [2.75, 3.05) is 0 Å². The lowest BCUT2D eigenvalue weighted by Crippen LogP contribution is -2.47. The molecule has 6 nitrogen and oxygen atoms in total. The smallest absolute Gasteiger partial charge is 0.262 e. The Bertz CT molecular complexity index is 1070. The van der Waals surface area contributed by atoms with Crippen LogP contribution in [0.1, 0.15) is 21.1 Å². The van der Waals surface area contributed by atoms with E-state index in [0.29, 0.717) is 17.1 Å². The summed E-state index contributed by atoms with van der Waals surface area (Å²) in [6, 6.07) is 20.2. The number of amides is 2. The van der Waals surface area contributed by atoms with E-state index >= 15 is 0 Å². The van der Waals surface area contributed by atoms with Gasteiger partial charge in [0.15, 0.2) is 0 Å². The van der Waals surface area contributed by atoms with Gasteiger partial charge in [-0.05, 0) is 29.1 Å². The van der Waals surface area contributed by atoms with Crippen molar-refractivity contribution < 1.29 is 9.59 Å². The van der Waals surface area contributed by atoms with Crippen LogP contribution in [-0.2, 0) is 17.8 Å². The van der Waals surface area contributed by atoms with Gasteiger partial charge in [0.05, 0.1) is 22.5 Å². The molecule has 0 saturated heterocycles. The Morgan fingerprint density at radius 3 is 2.55 bits per heavy atom. The van der Waals surface area contributed by atoms with Crippen molar-refractivity contribution in [3.63, 3.8) is 0 Å². The molecule has 3 N–H and O–H groups in total. The molecule has 0 aliphatic carbocycles. The molecule has 146 valence electrons. The van der Waals surface area contributed by atoms with Gasteiger partial charge >= 0.3 is 0 Å². The highest BCUT2D eigenvalue weighted by Gasteiger charge is 2.22. The van der Waals surface area contributed by atoms with E-state index in [1.807, 2.05) is 66.0 Å². The largest absolute Gasteiger partial charge is 0.347 e. The molecule has 2 heterocycles. The molecule has 0 fully saturated rings. The number of carbonyl (C=O) groups excluding carboxylic acids is 2. The standard InChI is InChI=1S/C22H20N4O2S/c27-21(23-14-20-24-16-9-4-5-10-17(16)25-20)18(13-15-7-2-1-3-8-15)26-22(28)19-11-6-12-29-19/h1-12,18H,13-14H2,(H,23,27)(H,24,25)(H,26,28). The SMILES string of the molecule is O=C(NC(Cc1ccccc1)C(=O)NCc1nc2ccccc2[nH]1)c1cccs1. The van der Waals surface area contributed by atoms with E-state index in [0.717, 1.165) is 16.6 Å². The second-order valence-electron chi connectivity index (χ2n) is 6.61. The van der Waals surface area contributed by atoms with E-state index in [1.165, 1.54) is 11.3 Å². The van der Waals surface area contributed by atoms with E-state index in [-0.39, 0.29) is 18.4 Å². The Morgan fingerprint density at radius 1 is 1.00 bits per heavy atom. The molecule has 1 atom stereocenters. The van der Waals surface area contributed by atoms with Crippen molar-refractivity contribution in [2.24, 2.45) is 0 Å². The van der Waals surface area contributed by atoms with Crippen molar-refractivity contribution in [1.29, 1.82) is 0 Å². The molecule has 0 bridgehead atoms. The Labute approximate surface area is 172 Å². The topological polar surface area (TPSA) is 86.9 Å². The number of benzene rings is 2. The number of nitrogens with one attached hydrogen (secondary N) is 3. The molecule has 0 aliphatic rings. The first-order valence-corrected chi connectivity index (χ1v) is 10.2. The van der Waals surface area contributed by atoms with Crippen molar-refractivity contribution in [3.8, 4) is 0 Å². The quantitative estimate of drug-likeness (QED) is 0.442. The number of hydrogen-bond acceptors (Lipinski definition) is 4. The molecular formula is C22H20N4O2S. The summed E-state index contributed by atoms with van der Waals surface area (Å²) in [6.45, 7) is 0.258. The minimum atomic E-state index is -0.684. The molecule has 1 unspecified atom stereocenters. The van der Waals surface area contributed by atoms with Gasteiger partial charge in [-0.2, -0.15) is 0 Å². The Kier molecular flexibility index (Phi) is 5.67. The molecule has 0 radical (unpaired) electrons. The van der Waals surface area contributed by atoms with Crippen LogP contribution in [-0.4, -0.2) is 27.8 Å². The number of fused-ring (bicyclic) bond motifs is 1. The van der Waals surface area contributed by atoms with Gasteiger partial charge in [-0.1, -0.05) is 48.5 Å². The maximum atomic E-state index is 12.9. The van der Waals surface area contributed by atoms with Crippen LogP contribution in [0.2, 0.25) is 0 Å². The van der Waals surface area contributed by atoms with Crippen LogP contribution in [0.15, 0.2) is 72.1 Å². The van der Waals surface area contributed by atoms with E-state index in [1.54, 1.807) is 6.07 Å². The maximum Gasteiger partial charge on any atom is 0.262 e. The molecule has 4 rings (SSSR count). The van der Waals surface area contributed by atoms with Crippen LogP contribution in [0.5, 0.6) is 0 Å². The first kappa shape index (κ1) is 18.9. The summed E-state index contributed by atoms with van der Waals surface area (Å²) in [6.07, 6.45) is 0.407. The first-order valence-electron chi connectivity index (χ1n) is 9.28. The lowest BCUT2D eigenvalue weighted by Gasteiger charge is -2.18. The highest BCUT2D eigenvalue weighted by Crippen LogP contribution is 2.12. The zero-order chi connectivity index (χ0) is 20.1. The van der Waals surface area contributed by atoms with Crippen LogP contribution < -0.4 is 10.6 Å². The second kappa shape index (κ2) is 8.70. The minimum Gasteiger partial charge on any atom is -0.347 e. The number of nitrogens with zero attached hydrogens (tertiary/aromatic N) is 1. The van der Waals surface area contributed by atoms with Gasteiger partial charge in [-0.25, -0.2) is 4.98 Å². The molecule has 7 heteroatoms. The lowest BCUT2D eigenvalue weighted by molar-refractivity contribution is -0.123. The molecule has 2 aromatic heterocycles. The molecule has 0 saturated carbocycles. The van der Waals surface area contributed by atoms with E-state index in [2.05, 4.69) is 20.6 Å². The van der Waals surface area contributed by atoms with Gasteiger partial charge < -0.3 is 15.6 Å². The molecule has 2 aromatic carbocycles. The highest BCUT2D eigenvalue weighted by molar-refractivity contribution is 7.12. The third-order valence-corrected chi connectivity index (χ3v) is 5.39. The van der Waals surface area contributed by atoms with Crippen molar-refractivity contribution >= 4 is 34.2 Å². The van der Waals surface area contributed by atoms with Gasteiger partial charge in [-0.3, -0.25) is 9.59 Å². The number of imidazole rings is 1. The van der Waals surface area contributed by atoms with Crippen LogP contribution in [0.3, 0.4) is 0 Å². The molecule has 0 aliphatic heterocycles. The fraction of sp³-hybridized carbons (Fsp3) is 0.136. The van der Waals surface area contributed by atoms with E-state index in [4.69, 9.17) is 0 Å². The number of H-pyrrole nitrogens is 1. The number of thiophene rings is 1. The average Bonchev–Trinajstić information content (AvgIpc) is 3.42. The summed E-state index contributed by atoms with van der Waals surface area (Å²) >= 11 is 1.34. The van der Waals surface area contributed by atoms with Crippen molar-refractivity contribution in [1.82, 2.24) is 20.6 Å². The summed E-state index contributed by atoms with van der Waals surface area (Å²) < 4.78 is 0. The highest BCUT2D eigenvalue weighted by atomic mass is 32.1. The van der Waals surface area contributed by atoms with Gasteiger partial charge in [0, 0.05) is 6.42 Å². The van der Waals surface area contributed by atoms with Crippen LogP contribution >= 0.6 is 11.3 Å². The number of aromatic amines is 1. The normalized spacial score (nSPS) is 11.9. The second-order valence-corrected chi connectivity index (χ2v) is 7.56. The van der Waals surface area contributed by atoms with Crippen molar-refractivity contribution in [3.05, 3.63) is 88.4 Å². The summed E-state index contributed by atoms with van der Waals surface area (Å²) in [5.41, 5.74) is 2.75. The average molecular weight is 404 g/mol. The number of rotatable bonds is 7. The molecular weight excluding hydrogens is 384 g/mol. The predicted molar refractivity (Wildman–Crippen MR) is 114 cm³/mol. The predicted octanol–water partition coefficient (Wildman–Crippen LogP) is 3.28. The number of aromatic nitrogens is 2. The van der Waals surface area contributed by atoms with Crippen LogP contribution in [0, 0.1) is 0 Å². The lowest BCUT2D eigenvalue weighted by atomic mass is 10.1. The molecule has 0 spiro atoms. The molecule has 29 heavy (non-hydrogen) atoms. The Hall–Kier alpha value is -3.45. The number of para-hydroxylation sites is 2.